The van der Waals surface area contributed by atoms with Crippen molar-refractivity contribution in [3.05, 3.63) is 71.8 Å². The molecule has 5 nitrogen and oxygen atoms in total. The van der Waals surface area contributed by atoms with Crippen molar-refractivity contribution in [1.82, 2.24) is 5.48 Å². The van der Waals surface area contributed by atoms with Gasteiger partial charge in [-0.3, -0.25) is 10.3 Å². The van der Waals surface area contributed by atoms with Crippen LogP contribution in [0.15, 0.2) is 71.3 Å². The number of nitrogens with zero attached hydrogens (tertiary/aromatic N) is 2. The van der Waals surface area contributed by atoms with Crippen LogP contribution in [-0.4, -0.2) is 26.2 Å². The standard InChI is InChI=1S/C19H21N3O2/c1-14-17(18(21-24-3)15-10-6-4-7-11-15)19(23-2)22(20-14)16-12-8-5-9-13-16/h4-13,19,21H,1-3H3/b18-17-. The number of hydroxylamine groups is 1. The second-order valence-electron chi connectivity index (χ2n) is 5.41. The maximum Gasteiger partial charge on any atom is 0.180 e. The average molecular weight is 323 g/mol. The van der Waals surface area contributed by atoms with E-state index in [4.69, 9.17) is 14.7 Å². The number of hydrogen-bond acceptors (Lipinski definition) is 5. The van der Waals surface area contributed by atoms with E-state index in [1.54, 1.807) is 14.2 Å². The van der Waals surface area contributed by atoms with E-state index in [0.717, 1.165) is 28.2 Å². The molecule has 124 valence electrons. The fraction of sp³-hybridized carbons (Fsp3) is 0.211. The lowest BCUT2D eigenvalue weighted by molar-refractivity contribution is 0.125. The molecule has 1 aliphatic heterocycles. The Bertz CT molecular complexity index is 742. The Labute approximate surface area is 142 Å². The highest BCUT2D eigenvalue weighted by molar-refractivity contribution is 6.08. The number of rotatable bonds is 5. The first-order chi connectivity index (χ1) is 11.8. The highest BCUT2D eigenvalue weighted by atomic mass is 16.6. The van der Waals surface area contributed by atoms with E-state index in [1.807, 2.05) is 72.6 Å². The van der Waals surface area contributed by atoms with Crippen LogP contribution >= 0.6 is 0 Å². The second kappa shape index (κ2) is 7.29. The Morgan fingerprint density at radius 2 is 1.62 bits per heavy atom. The molecule has 2 aromatic carbocycles. The summed E-state index contributed by atoms with van der Waals surface area (Å²) in [7, 11) is 3.28. The average Bonchev–Trinajstić information content (AvgIpc) is 2.97. The number of nitrogens with one attached hydrogen (secondary N) is 1. The highest BCUT2D eigenvalue weighted by Gasteiger charge is 2.34. The van der Waals surface area contributed by atoms with Gasteiger partial charge in [0.1, 0.15) is 0 Å². The molecule has 1 atom stereocenters. The highest BCUT2D eigenvalue weighted by Crippen LogP contribution is 2.32. The number of para-hydroxylation sites is 1. The van der Waals surface area contributed by atoms with E-state index in [2.05, 4.69) is 5.48 Å². The van der Waals surface area contributed by atoms with Crippen molar-refractivity contribution < 1.29 is 9.57 Å². The number of anilines is 1. The third-order valence-corrected chi connectivity index (χ3v) is 3.90. The van der Waals surface area contributed by atoms with Gasteiger partial charge < -0.3 is 4.74 Å². The molecule has 1 unspecified atom stereocenters. The number of ether oxygens (including phenoxy) is 1. The number of benzene rings is 2. The summed E-state index contributed by atoms with van der Waals surface area (Å²) in [5, 5.41) is 6.57. The minimum atomic E-state index is -0.328. The van der Waals surface area contributed by atoms with Gasteiger partial charge in [0.2, 0.25) is 0 Å². The van der Waals surface area contributed by atoms with Crippen molar-refractivity contribution in [1.29, 1.82) is 0 Å². The zero-order valence-electron chi connectivity index (χ0n) is 14.1. The monoisotopic (exact) mass is 323 g/mol. The van der Waals surface area contributed by atoms with Crippen LogP contribution in [0, 0.1) is 0 Å². The Kier molecular flexibility index (Phi) is 4.93. The Morgan fingerprint density at radius 3 is 2.21 bits per heavy atom. The van der Waals surface area contributed by atoms with Crippen LogP contribution in [0.1, 0.15) is 12.5 Å². The fourth-order valence-corrected chi connectivity index (χ4v) is 2.84. The quantitative estimate of drug-likeness (QED) is 0.857. The molecule has 0 spiro atoms. The lowest BCUT2D eigenvalue weighted by Gasteiger charge is -2.24. The zero-order chi connectivity index (χ0) is 16.9. The van der Waals surface area contributed by atoms with Crippen LogP contribution in [0.2, 0.25) is 0 Å². The molecule has 5 heteroatoms. The third kappa shape index (κ3) is 3.04. The van der Waals surface area contributed by atoms with Crippen molar-refractivity contribution in [3.8, 4) is 0 Å². The maximum absolute atomic E-state index is 5.77. The lowest BCUT2D eigenvalue weighted by Crippen LogP contribution is -2.32. The first-order valence-electron chi connectivity index (χ1n) is 7.77. The van der Waals surface area contributed by atoms with Gasteiger partial charge in [-0.2, -0.15) is 5.10 Å². The van der Waals surface area contributed by atoms with Crippen LogP contribution in [0.25, 0.3) is 5.70 Å². The van der Waals surface area contributed by atoms with Gasteiger partial charge in [0.25, 0.3) is 0 Å². The van der Waals surface area contributed by atoms with Crippen LogP contribution in [0.4, 0.5) is 5.69 Å². The largest absolute Gasteiger partial charge is 0.355 e. The number of hydrazone groups is 1. The van der Waals surface area contributed by atoms with Crippen molar-refractivity contribution in [2.75, 3.05) is 19.2 Å². The Hall–Kier alpha value is -2.63. The van der Waals surface area contributed by atoms with Crippen LogP contribution in [-0.2, 0) is 9.57 Å². The Morgan fingerprint density at radius 1 is 1.00 bits per heavy atom. The summed E-state index contributed by atoms with van der Waals surface area (Å²) in [6.45, 7) is 1.98. The van der Waals surface area contributed by atoms with E-state index in [1.165, 1.54) is 0 Å². The maximum atomic E-state index is 5.77. The molecule has 0 saturated carbocycles. The second-order valence-corrected chi connectivity index (χ2v) is 5.41. The smallest absolute Gasteiger partial charge is 0.180 e. The summed E-state index contributed by atoms with van der Waals surface area (Å²) in [5.41, 5.74) is 7.68. The molecule has 0 amide bonds. The van der Waals surface area contributed by atoms with E-state index in [9.17, 15) is 0 Å². The van der Waals surface area contributed by atoms with E-state index in [-0.39, 0.29) is 6.23 Å². The molecule has 0 bridgehead atoms. The van der Waals surface area contributed by atoms with Gasteiger partial charge in [0, 0.05) is 12.7 Å². The minimum absolute atomic E-state index is 0.328. The Balaban J connectivity index is 2.09. The summed E-state index contributed by atoms with van der Waals surface area (Å²) >= 11 is 0. The summed E-state index contributed by atoms with van der Waals surface area (Å²) in [6, 6.07) is 20.0. The summed E-state index contributed by atoms with van der Waals surface area (Å²) in [5.74, 6) is 0. The molecule has 2 aromatic rings. The molecule has 1 aliphatic rings. The van der Waals surface area contributed by atoms with Crippen LogP contribution in [0.5, 0.6) is 0 Å². The number of hydrogen-bond donors (Lipinski definition) is 1. The predicted molar refractivity (Wildman–Crippen MR) is 96.3 cm³/mol. The van der Waals surface area contributed by atoms with Crippen molar-refractivity contribution >= 4 is 17.1 Å². The van der Waals surface area contributed by atoms with Gasteiger partial charge in [-0.25, -0.2) is 5.01 Å². The van der Waals surface area contributed by atoms with E-state index < -0.39 is 0 Å². The predicted octanol–water partition coefficient (Wildman–Crippen LogP) is 3.42. The summed E-state index contributed by atoms with van der Waals surface area (Å²) < 4.78 is 5.77. The molecule has 0 radical (unpaired) electrons. The first-order valence-corrected chi connectivity index (χ1v) is 7.77. The van der Waals surface area contributed by atoms with E-state index in [0.29, 0.717) is 0 Å². The molecule has 24 heavy (non-hydrogen) atoms. The molecule has 0 fully saturated rings. The van der Waals surface area contributed by atoms with Crippen molar-refractivity contribution in [2.24, 2.45) is 5.10 Å². The molecular formula is C19H21N3O2. The lowest BCUT2D eigenvalue weighted by atomic mass is 10.0. The molecular weight excluding hydrogens is 302 g/mol. The van der Waals surface area contributed by atoms with Gasteiger partial charge in [0.15, 0.2) is 6.23 Å². The van der Waals surface area contributed by atoms with Crippen LogP contribution in [0.3, 0.4) is 0 Å². The SMILES string of the molecule is CON/C(=C1/C(C)=NN(c2ccccc2)C1OC)c1ccccc1. The van der Waals surface area contributed by atoms with Gasteiger partial charge in [-0.1, -0.05) is 48.5 Å². The molecule has 0 aromatic heterocycles. The fourth-order valence-electron chi connectivity index (χ4n) is 2.84. The zero-order valence-corrected chi connectivity index (χ0v) is 14.1. The molecule has 1 N–H and O–H groups in total. The first kappa shape index (κ1) is 16.2. The normalized spacial score (nSPS) is 19.2. The number of methoxy groups -OCH3 is 1. The molecule has 3 rings (SSSR count). The van der Waals surface area contributed by atoms with Gasteiger partial charge >= 0.3 is 0 Å². The van der Waals surface area contributed by atoms with Crippen molar-refractivity contribution in [3.63, 3.8) is 0 Å². The molecule has 1 heterocycles. The molecule has 0 aliphatic carbocycles. The van der Waals surface area contributed by atoms with E-state index >= 15 is 0 Å². The summed E-state index contributed by atoms with van der Waals surface area (Å²) in [4.78, 5) is 5.22. The topological polar surface area (TPSA) is 46.1 Å². The third-order valence-electron chi connectivity index (χ3n) is 3.90. The van der Waals surface area contributed by atoms with Gasteiger partial charge in [-0.05, 0) is 19.1 Å². The van der Waals surface area contributed by atoms with Gasteiger partial charge in [0.05, 0.1) is 29.8 Å². The molecule has 0 saturated heterocycles. The van der Waals surface area contributed by atoms with Gasteiger partial charge in [-0.15, -0.1) is 0 Å². The van der Waals surface area contributed by atoms with Crippen LogP contribution < -0.4 is 10.5 Å². The summed E-state index contributed by atoms with van der Waals surface area (Å²) in [6.07, 6.45) is -0.328. The minimum Gasteiger partial charge on any atom is -0.355 e. The van der Waals surface area contributed by atoms with Crippen molar-refractivity contribution in [2.45, 2.75) is 13.2 Å².